The Hall–Kier alpha value is -1.78. The number of aromatic hydroxyl groups is 4. The third kappa shape index (κ3) is 1.92. The van der Waals surface area contributed by atoms with Crippen LogP contribution in [-0.4, -0.2) is 46.8 Å². The molecule has 0 fully saturated rings. The minimum absolute atomic E-state index is 0.497. The molecule has 0 aliphatic carbocycles. The van der Waals surface area contributed by atoms with Crippen molar-refractivity contribution in [3.63, 3.8) is 0 Å². The molecule has 0 amide bonds. The van der Waals surface area contributed by atoms with E-state index in [1.807, 2.05) is 0 Å². The maximum atomic E-state index is 9.32. The van der Waals surface area contributed by atoms with Crippen LogP contribution in [0.4, 0.5) is 0 Å². The second-order valence-corrected chi connectivity index (χ2v) is 3.39. The molecule has 0 radical (unpaired) electrons. The zero-order valence-electron chi connectivity index (χ0n) is 8.23. The fraction of sp³-hybridized carbons (Fsp3) is 0.250. The first-order valence-corrected chi connectivity index (χ1v) is 4.15. The average Bonchev–Trinajstić information content (AvgIpc) is 2.13. The number of nitrogens with two attached hydrogens (primary N) is 1. The Kier molecular flexibility index (Phi) is 2.83. The van der Waals surface area contributed by atoms with Crippen molar-refractivity contribution in [3.8, 4) is 23.0 Å². The van der Waals surface area contributed by atoms with Crippen LogP contribution in [0.25, 0.3) is 0 Å². The van der Waals surface area contributed by atoms with Crippen LogP contribution < -0.4 is 5.73 Å². The highest BCUT2D eigenvalue weighted by Gasteiger charge is 2.50. The van der Waals surface area contributed by atoms with Gasteiger partial charge in [-0.25, -0.2) is 0 Å². The maximum Gasteiger partial charge on any atom is 0.281 e. The topological polar surface area (TPSA) is 188 Å². The van der Waals surface area contributed by atoms with Crippen LogP contribution in [0.5, 0.6) is 23.0 Å². The van der Waals surface area contributed by atoms with E-state index in [0.717, 1.165) is 0 Å². The van der Waals surface area contributed by atoms with Crippen molar-refractivity contribution in [3.05, 3.63) is 11.6 Å². The van der Waals surface area contributed by atoms with Crippen molar-refractivity contribution < 1.29 is 40.9 Å². The molecule has 96 valence electrons. The van der Waals surface area contributed by atoms with Crippen LogP contribution in [0.2, 0.25) is 0 Å². The van der Waals surface area contributed by atoms with Gasteiger partial charge in [-0.1, -0.05) is 0 Å². The van der Waals surface area contributed by atoms with Gasteiger partial charge in [0.25, 0.3) is 11.7 Å². The molecule has 0 atom stereocenters. The second kappa shape index (κ2) is 3.61. The lowest BCUT2D eigenvalue weighted by atomic mass is 9.99. The van der Waals surface area contributed by atoms with Crippen molar-refractivity contribution in [1.29, 1.82) is 0 Å². The summed E-state index contributed by atoms with van der Waals surface area (Å²) in [5.41, 5.74) is 3.25. The SMILES string of the molecule is NC(O)(O)C(O)(O)c1c(O)c(O)cc(O)c1O. The van der Waals surface area contributed by atoms with Gasteiger partial charge in [-0.2, -0.15) is 0 Å². The van der Waals surface area contributed by atoms with E-state index in [9.17, 15) is 20.4 Å². The monoisotopic (exact) mass is 249 g/mol. The standard InChI is InChI=1S/C8H11NO8/c9-8(16,17)7(14,15)4-5(12)2(10)1-3(11)6(4)13/h1,10-17H,9H2. The molecule has 0 bridgehead atoms. The predicted octanol–water partition coefficient (Wildman–Crippen LogP) is -2.76. The number of rotatable bonds is 2. The summed E-state index contributed by atoms with van der Waals surface area (Å²) >= 11 is 0. The van der Waals surface area contributed by atoms with Crippen LogP contribution in [0, 0.1) is 0 Å². The van der Waals surface area contributed by atoms with Gasteiger partial charge in [0.05, 0.1) is 0 Å². The van der Waals surface area contributed by atoms with Crippen molar-refractivity contribution in [1.82, 2.24) is 0 Å². The third-order valence-electron chi connectivity index (χ3n) is 2.09. The van der Waals surface area contributed by atoms with Gasteiger partial charge in [-0.3, -0.25) is 5.73 Å². The summed E-state index contributed by atoms with van der Waals surface area (Å²) in [6.45, 7) is 0. The summed E-state index contributed by atoms with van der Waals surface area (Å²) in [7, 11) is 0. The number of aliphatic hydroxyl groups is 4. The highest BCUT2D eigenvalue weighted by molar-refractivity contribution is 5.60. The van der Waals surface area contributed by atoms with E-state index in [2.05, 4.69) is 5.73 Å². The molecule has 0 spiro atoms. The Morgan fingerprint density at radius 1 is 0.824 bits per heavy atom. The molecule has 1 rings (SSSR count). The minimum Gasteiger partial charge on any atom is -0.504 e. The quantitative estimate of drug-likeness (QED) is 0.152. The fourth-order valence-electron chi connectivity index (χ4n) is 1.15. The van der Waals surface area contributed by atoms with Gasteiger partial charge in [0.2, 0.25) is 0 Å². The highest BCUT2D eigenvalue weighted by atomic mass is 16.6. The molecule has 1 aromatic rings. The third-order valence-corrected chi connectivity index (χ3v) is 2.09. The number of hydrogen-bond donors (Lipinski definition) is 9. The molecule has 0 unspecified atom stereocenters. The molecule has 10 N–H and O–H groups in total. The van der Waals surface area contributed by atoms with Crippen LogP contribution >= 0.6 is 0 Å². The number of phenolic OH excluding ortho intramolecular Hbond substituents is 4. The van der Waals surface area contributed by atoms with E-state index in [1.54, 1.807) is 0 Å². The largest absolute Gasteiger partial charge is 0.504 e. The van der Waals surface area contributed by atoms with Gasteiger partial charge >= 0.3 is 0 Å². The van der Waals surface area contributed by atoms with Gasteiger partial charge < -0.3 is 40.9 Å². The van der Waals surface area contributed by atoms with Crippen molar-refractivity contribution >= 4 is 0 Å². The van der Waals surface area contributed by atoms with E-state index >= 15 is 0 Å². The van der Waals surface area contributed by atoms with Crippen LogP contribution in [0.1, 0.15) is 5.56 Å². The summed E-state index contributed by atoms with van der Waals surface area (Å²) in [6, 6.07) is 0.497. The summed E-state index contributed by atoms with van der Waals surface area (Å²) in [4.78, 5) is 0. The lowest BCUT2D eigenvalue weighted by Gasteiger charge is -2.32. The summed E-state index contributed by atoms with van der Waals surface area (Å²) in [5, 5.41) is 73.1. The fourth-order valence-corrected chi connectivity index (χ4v) is 1.15. The summed E-state index contributed by atoms with van der Waals surface area (Å²) < 4.78 is 0. The van der Waals surface area contributed by atoms with Gasteiger partial charge in [0, 0.05) is 6.07 Å². The minimum atomic E-state index is -3.74. The molecule has 17 heavy (non-hydrogen) atoms. The Morgan fingerprint density at radius 3 is 1.47 bits per heavy atom. The summed E-state index contributed by atoms with van der Waals surface area (Å²) in [6.07, 6.45) is 0. The van der Waals surface area contributed by atoms with E-state index in [-0.39, 0.29) is 0 Å². The van der Waals surface area contributed by atoms with Crippen molar-refractivity contribution in [2.24, 2.45) is 5.73 Å². The van der Waals surface area contributed by atoms with Gasteiger partial charge in [-0.05, 0) is 0 Å². The molecule has 0 saturated carbocycles. The molecule has 9 nitrogen and oxygen atoms in total. The van der Waals surface area contributed by atoms with Gasteiger partial charge in [0.15, 0.2) is 23.0 Å². The molecule has 0 heterocycles. The Balaban J connectivity index is 3.62. The number of phenols is 4. The maximum absolute atomic E-state index is 9.32. The van der Waals surface area contributed by atoms with E-state index < -0.39 is 40.3 Å². The van der Waals surface area contributed by atoms with Crippen molar-refractivity contribution in [2.45, 2.75) is 11.7 Å². The van der Waals surface area contributed by atoms with E-state index in [4.69, 9.17) is 20.4 Å². The lowest BCUT2D eigenvalue weighted by molar-refractivity contribution is -0.364. The molecule has 0 saturated heterocycles. The van der Waals surface area contributed by atoms with Crippen LogP contribution in [-0.2, 0) is 5.79 Å². The molecule has 9 heteroatoms. The van der Waals surface area contributed by atoms with Crippen molar-refractivity contribution in [2.75, 3.05) is 0 Å². The zero-order valence-corrected chi connectivity index (χ0v) is 8.23. The number of hydrogen-bond acceptors (Lipinski definition) is 9. The lowest BCUT2D eigenvalue weighted by Crippen LogP contribution is -2.58. The molecular weight excluding hydrogens is 238 g/mol. The van der Waals surface area contributed by atoms with Gasteiger partial charge in [0.1, 0.15) is 5.56 Å². The van der Waals surface area contributed by atoms with Gasteiger partial charge in [-0.15, -0.1) is 0 Å². The summed E-state index contributed by atoms with van der Waals surface area (Å²) in [5.74, 6) is -12.1. The first-order valence-electron chi connectivity index (χ1n) is 4.15. The zero-order chi connectivity index (χ0) is 13.6. The molecule has 1 aromatic carbocycles. The first kappa shape index (κ1) is 13.3. The Labute approximate surface area is 93.9 Å². The highest BCUT2D eigenvalue weighted by Crippen LogP contribution is 2.47. The smallest absolute Gasteiger partial charge is 0.281 e. The normalized spacial score (nSPS) is 12.8. The Bertz CT molecular complexity index is 424. The van der Waals surface area contributed by atoms with E-state index in [1.165, 1.54) is 0 Å². The Morgan fingerprint density at radius 2 is 1.18 bits per heavy atom. The second-order valence-electron chi connectivity index (χ2n) is 3.39. The predicted molar refractivity (Wildman–Crippen MR) is 50.6 cm³/mol. The van der Waals surface area contributed by atoms with Crippen LogP contribution in [0.15, 0.2) is 6.07 Å². The number of benzene rings is 1. The molecule has 0 aliphatic heterocycles. The molecular formula is C8H11NO8. The molecule has 0 aromatic heterocycles. The van der Waals surface area contributed by atoms with Crippen LogP contribution in [0.3, 0.4) is 0 Å². The molecule has 0 aliphatic rings. The van der Waals surface area contributed by atoms with E-state index in [0.29, 0.717) is 6.07 Å². The first-order chi connectivity index (χ1) is 7.50. The average molecular weight is 249 g/mol.